The lowest BCUT2D eigenvalue weighted by atomic mass is 9.96. The third kappa shape index (κ3) is 3.58. The minimum Gasteiger partial charge on any atom is -0.497 e. The summed E-state index contributed by atoms with van der Waals surface area (Å²) in [4.78, 5) is 0. The number of nitrogens with zero attached hydrogens (tertiary/aromatic N) is 2. The first-order chi connectivity index (χ1) is 15.1. The van der Waals surface area contributed by atoms with E-state index in [9.17, 15) is 0 Å². The number of hydrogen-bond acceptors (Lipinski definition) is 5. The summed E-state index contributed by atoms with van der Waals surface area (Å²) in [5, 5.41) is 8.03. The molecule has 7 heteroatoms. The van der Waals surface area contributed by atoms with Crippen molar-refractivity contribution in [2.75, 3.05) is 14.2 Å². The maximum atomic E-state index is 6.53. The Balaban J connectivity index is 1.58. The summed E-state index contributed by atoms with van der Waals surface area (Å²) in [6, 6.07) is 19.3. The van der Waals surface area contributed by atoms with Gasteiger partial charge in [0.05, 0.1) is 31.0 Å². The second-order valence-electron chi connectivity index (χ2n) is 7.42. The van der Waals surface area contributed by atoms with E-state index in [-0.39, 0.29) is 6.04 Å². The minimum absolute atomic E-state index is 0.0378. The Kier molecular flexibility index (Phi) is 5.16. The maximum absolute atomic E-state index is 6.53. The van der Waals surface area contributed by atoms with Crippen LogP contribution in [0.5, 0.6) is 17.2 Å². The summed E-state index contributed by atoms with van der Waals surface area (Å²) in [6.07, 6.45) is 0.296. The van der Waals surface area contributed by atoms with E-state index >= 15 is 0 Å². The average molecular weight is 455 g/mol. The summed E-state index contributed by atoms with van der Waals surface area (Å²) in [5.74, 6) is 2.24. The van der Waals surface area contributed by atoms with E-state index < -0.39 is 6.23 Å². The van der Waals surface area contributed by atoms with Gasteiger partial charge in [-0.15, -0.1) is 0 Å². The summed E-state index contributed by atoms with van der Waals surface area (Å²) < 4.78 is 17.0. The molecule has 0 aromatic heterocycles. The number of hydrazone groups is 1. The Hall–Kier alpha value is -2.89. The van der Waals surface area contributed by atoms with E-state index in [4.69, 9.17) is 42.5 Å². The van der Waals surface area contributed by atoms with Crippen molar-refractivity contribution in [3.63, 3.8) is 0 Å². The highest BCUT2D eigenvalue weighted by Gasteiger charge is 2.42. The fraction of sp³-hybridized carbons (Fsp3) is 0.208. The Labute approximate surface area is 190 Å². The largest absolute Gasteiger partial charge is 0.497 e. The van der Waals surface area contributed by atoms with Gasteiger partial charge in [0.1, 0.15) is 17.2 Å². The Morgan fingerprint density at radius 3 is 2.23 bits per heavy atom. The zero-order chi connectivity index (χ0) is 21.5. The lowest BCUT2D eigenvalue weighted by Gasteiger charge is -2.38. The van der Waals surface area contributed by atoms with Crippen molar-refractivity contribution in [2.24, 2.45) is 5.10 Å². The molecule has 0 fully saturated rings. The van der Waals surface area contributed by atoms with E-state index in [1.807, 2.05) is 59.6 Å². The Morgan fingerprint density at radius 1 is 0.935 bits per heavy atom. The van der Waals surface area contributed by atoms with Gasteiger partial charge in [-0.2, -0.15) is 5.10 Å². The molecule has 0 saturated carbocycles. The van der Waals surface area contributed by atoms with Gasteiger partial charge in [0.2, 0.25) is 6.23 Å². The lowest BCUT2D eigenvalue weighted by Crippen LogP contribution is -2.33. The Bertz CT molecular complexity index is 1150. The van der Waals surface area contributed by atoms with E-state index in [0.717, 1.165) is 33.9 Å². The molecule has 3 aromatic rings. The first kappa shape index (κ1) is 20.0. The SMILES string of the molecule is COc1ccc(C2=NN3[C@H](C2)c2cc(Cl)cc(Cl)c2O[C@H]3c2ccc(OC)cc2)cc1. The molecule has 0 amide bonds. The van der Waals surface area contributed by atoms with Crippen molar-refractivity contribution in [1.29, 1.82) is 0 Å². The highest BCUT2D eigenvalue weighted by Crippen LogP contribution is 2.50. The number of halogens is 2. The van der Waals surface area contributed by atoms with Crippen LogP contribution in [0.1, 0.15) is 35.4 Å². The molecule has 0 N–H and O–H groups in total. The van der Waals surface area contributed by atoms with Crippen LogP contribution >= 0.6 is 23.2 Å². The summed E-state index contributed by atoms with van der Waals surface area (Å²) in [6.45, 7) is 0. The van der Waals surface area contributed by atoms with Crippen LogP contribution < -0.4 is 14.2 Å². The molecule has 0 spiro atoms. The number of hydrogen-bond donors (Lipinski definition) is 0. The van der Waals surface area contributed by atoms with Crippen LogP contribution in [0.2, 0.25) is 10.0 Å². The molecule has 2 heterocycles. The predicted molar refractivity (Wildman–Crippen MR) is 122 cm³/mol. The molecule has 0 radical (unpaired) electrons. The molecule has 0 unspecified atom stereocenters. The normalized spacial score (nSPS) is 19.2. The zero-order valence-corrected chi connectivity index (χ0v) is 18.5. The number of rotatable bonds is 4. The molecule has 3 aromatic carbocycles. The van der Waals surface area contributed by atoms with Gasteiger partial charge in [0, 0.05) is 22.6 Å². The van der Waals surface area contributed by atoms with Gasteiger partial charge in [0.25, 0.3) is 0 Å². The first-order valence-corrected chi connectivity index (χ1v) is 10.6. The number of fused-ring (bicyclic) bond motifs is 3. The minimum atomic E-state index is -0.419. The van der Waals surface area contributed by atoms with Gasteiger partial charge in [-0.05, 0) is 66.2 Å². The number of benzene rings is 3. The van der Waals surface area contributed by atoms with Crippen LogP contribution in [0.3, 0.4) is 0 Å². The molecular weight excluding hydrogens is 435 g/mol. The third-order valence-corrected chi connectivity index (χ3v) is 6.13. The van der Waals surface area contributed by atoms with Crippen LogP contribution in [0.25, 0.3) is 0 Å². The van der Waals surface area contributed by atoms with E-state index in [1.165, 1.54) is 0 Å². The van der Waals surface area contributed by atoms with E-state index in [1.54, 1.807) is 20.3 Å². The van der Waals surface area contributed by atoms with E-state index in [0.29, 0.717) is 22.2 Å². The molecule has 2 aliphatic rings. The second kappa shape index (κ2) is 7.98. The lowest BCUT2D eigenvalue weighted by molar-refractivity contribution is -0.0189. The highest BCUT2D eigenvalue weighted by molar-refractivity contribution is 6.35. The van der Waals surface area contributed by atoms with Crippen LogP contribution in [0.4, 0.5) is 0 Å². The maximum Gasteiger partial charge on any atom is 0.213 e. The molecule has 0 bridgehead atoms. The number of ether oxygens (including phenoxy) is 3. The first-order valence-electron chi connectivity index (χ1n) is 9.87. The van der Waals surface area contributed by atoms with Crippen molar-refractivity contribution in [3.05, 3.63) is 87.4 Å². The van der Waals surface area contributed by atoms with Crippen molar-refractivity contribution in [1.82, 2.24) is 5.01 Å². The molecule has 158 valence electrons. The zero-order valence-electron chi connectivity index (χ0n) is 17.0. The fourth-order valence-corrected chi connectivity index (χ4v) is 4.61. The summed E-state index contributed by atoms with van der Waals surface area (Å²) in [5.41, 5.74) is 3.91. The highest BCUT2D eigenvalue weighted by atomic mass is 35.5. The van der Waals surface area contributed by atoms with Gasteiger partial charge < -0.3 is 14.2 Å². The van der Waals surface area contributed by atoms with Crippen molar-refractivity contribution >= 4 is 28.9 Å². The van der Waals surface area contributed by atoms with Gasteiger partial charge in [-0.1, -0.05) is 23.2 Å². The smallest absolute Gasteiger partial charge is 0.213 e. The van der Waals surface area contributed by atoms with Gasteiger partial charge in [0.15, 0.2) is 0 Å². The van der Waals surface area contributed by atoms with Crippen LogP contribution in [0, 0.1) is 0 Å². The fourth-order valence-electron chi connectivity index (χ4n) is 4.06. The van der Waals surface area contributed by atoms with Crippen molar-refractivity contribution in [2.45, 2.75) is 18.7 Å². The molecule has 2 aliphatic heterocycles. The standard InChI is InChI=1S/C24H20Cl2N2O3/c1-29-17-7-3-14(4-8-17)21-13-22-19-11-16(25)12-20(26)23(19)31-24(28(22)27-21)15-5-9-18(30-2)10-6-15/h3-12,22,24H,13H2,1-2H3/t22-,24+/m1/s1. The molecule has 5 nitrogen and oxygen atoms in total. The monoisotopic (exact) mass is 454 g/mol. The van der Waals surface area contributed by atoms with Gasteiger partial charge >= 0.3 is 0 Å². The summed E-state index contributed by atoms with van der Waals surface area (Å²) >= 11 is 12.8. The quantitative estimate of drug-likeness (QED) is 0.466. The van der Waals surface area contributed by atoms with Gasteiger partial charge in [-0.25, -0.2) is 5.01 Å². The van der Waals surface area contributed by atoms with Crippen LogP contribution in [-0.2, 0) is 0 Å². The molecule has 0 aliphatic carbocycles. The van der Waals surface area contributed by atoms with Crippen molar-refractivity contribution < 1.29 is 14.2 Å². The molecule has 31 heavy (non-hydrogen) atoms. The predicted octanol–water partition coefficient (Wildman–Crippen LogP) is 6.25. The topological polar surface area (TPSA) is 43.3 Å². The van der Waals surface area contributed by atoms with Gasteiger partial charge in [-0.3, -0.25) is 0 Å². The molecular formula is C24H20Cl2N2O3. The molecule has 2 atom stereocenters. The third-order valence-electron chi connectivity index (χ3n) is 5.63. The van der Waals surface area contributed by atoms with Crippen LogP contribution in [-0.4, -0.2) is 24.9 Å². The van der Waals surface area contributed by atoms with E-state index in [2.05, 4.69) is 0 Å². The second-order valence-corrected chi connectivity index (χ2v) is 8.27. The molecule has 0 saturated heterocycles. The summed E-state index contributed by atoms with van der Waals surface area (Å²) in [7, 11) is 3.30. The van der Waals surface area contributed by atoms with Crippen LogP contribution in [0.15, 0.2) is 65.8 Å². The average Bonchev–Trinajstić information content (AvgIpc) is 3.25. The Morgan fingerprint density at radius 2 is 1.58 bits per heavy atom. The van der Waals surface area contributed by atoms with Crippen molar-refractivity contribution in [3.8, 4) is 17.2 Å². The molecule has 5 rings (SSSR count). The number of methoxy groups -OCH3 is 2.